The van der Waals surface area contributed by atoms with Crippen molar-refractivity contribution in [2.75, 3.05) is 5.32 Å². The van der Waals surface area contributed by atoms with Crippen LogP contribution in [0, 0.1) is 5.82 Å². The van der Waals surface area contributed by atoms with E-state index in [9.17, 15) is 19.4 Å². The molecule has 0 bridgehead atoms. The average Bonchev–Trinajstić information content (AvgIpc) is 2.41. The molecule has 0 atom stereocenters. The van der Waals surface area contributed by atoms with E-state index in [2.05, 4.69) is 5.32 Å². The fraction of sp³-hybridized carbons (Fsp3) is 0.0714. The smallest absolute Gasteiger partial charge is 0.248 e. The highest BCUT2D eigenvalue weighted by atomic mass is 19.1. The van der Waals surface area contributed by atoms with E-state index in [1.807, 2.05) is 0 Å². The second-order valence-corrected chi connectivity index (χ2v) is 4.20. The number of carbonyl (C=O) groups excluding carboxylic acids is 1. The molecule has 6 heteroatoms. The molecule has 0 radical (unpaired) electrons. The number of nitrogens with two attached hydrogens (primary N) is 1. The van der Waals surface area contributed by atoms with Gasteiger partial charge < -0.3 is 21.3 Å². The van der Waals surface area contributed by atoms with Crippen LogP contribution < -0.4 is 11.1 Å². The van der Waals surface area contributed by atoms with Gasteiger partial charge in [-0.25, -0.2) is 4.39 Å². The molecule has 104 valence electrons. The van der Waals surface area contributed by atoms with Crippen LogP contribution in [0.5, 0.6) is 11.5 Å². The summed E-state index contributed by atoms with van der Waals surface area (Å²) in [7, 11) is 0. The Labute approximate surface area is 114 Å². The zero-order chi connectivity index (χ0) is 14.7. The third-order valence-electron chi connectivity index (χ3n) is 2.82. The fourth-order valence-corrected chi connectivity index (χ4v) is 1.72. The Morgan fingerprint density at radius 2 is 2.00 bits per heavy atom. The lowest BCUT2D eigenvalue weighted by molar-refractivity contribution is 0.100. The summed E-state index contributed by atoms with van der Waals surface area (Å²) in [5.74, 6) is -1.73. The lowest BCUT2D eigenvalue weighted by Crippen LogP contribution is -2.12. The highest BCUT2D eigenvalue weighted by Gasteiger charge is 2.09. The Kier molecular flexibility index (Phi) is 3.74. The number of phenolic OH excluding ortho intramolecular Hbond substituents is 2. The maximum atomic E-state index is 13.6. The predicted molar refractivity (Wildman–Crippen MR) is 72.0 cm³/mol. The number of nitrogens with one attached hydrogen (secondary N) is 1. The highest BCUT2D eigenvalue weighted by Crippen LogP contribution is 2.29. The first-order chi connectivity index (χ1) is 9.49. The standard InChI is InChI=1S/C14H13FN2O3/c15-10-5-4-8(14(16)20)6-11(10)17-7-9-2-1-3-12(18)13(9)19/h1-6,17-19H,7H2,(H2,16,20). The number of benzene rings is 2. The summed E-state index contributed by atoms with van der Waals surface area (Å²) in [6.07, 6.45) is 0. The number of rotatable bonds is 4. The number of para-hydroxylation sites is 1. The molecule has 2 aromatic carbocycles. The second kappa shape index (κ2) is 5.48. The molecule has 0 aliphatic heterocycles. The van der Waals surface area contributed by atoms with E-state index >= 15 is 0 Å². The molecule has 0 saturated heterocycles. The zero-order valence-electron chi connectivity index (χ0n) is 10.4. The molecule has 0 heterocycles. The Bertz CT molecular complexity index is 659. The molecule has 0 spiro atoms. The van der Waals surface area contributed by atoms with Gasteiger partial charge in [-0.15, -0.1) is 0 Å². The average molecular weight is 276 g/mol. The minimum absolute atomic E-state index is 0.0827. The van der Waals surface area contributed by atoms with Gasteiger partial charge in [0.15, 0.2) is 11.5 Å². The maximum absolute atomic E-state index is 13.6. The summed E-state index contributed by atoms with van der Waals surface area (Å²) < 4.78 is 13.6. The van der Waals surface area contributed by atoms with Gasteiger partial charge >= 0.3 is 0 Å². The van der Waals surface area contributed by atoms with Crippen LogP contribution in [-0.4, -0.2) is 16.1 Å². The SMILES string of the molecule is NC(=O)c1ccc(F)c(NCc2cccc(O)c2O)c1. The van der Waals surface area contributed by atoms with Gasteiger partial charge in [0.25, 0.3) is 0 Å². The number of hydrogen-bond acceptors (Lipinski definition) is 4. The molecule has 0 unspecified atom stereocenters. The lowest BCUT2D eigenvalue weighted by atomic mass is 10.1. The van der Waals surface area contributed by atoms with Crippen molar-refractivity contribution in [2.24, 2.45) is 5.73 Å². The van der Waals surface area contributed by atoms with Crippen molar-refractivity contribution < 1.29 is 19.4 Å². The predicted octanol–water partition coefficient (Wildman–Crippen LogP) is 1.95. The van der Waals surface area contributed by atoms with Gasteiger partial charge in [0, 0.05) is 17.7 Å². The van der Waals surface area contributed by atoms with Crippen molar-refractivity contribution in [1.82, 2.24) is 0 Å². The third kappa shape index (κ3) is 2.80. The van der Waals surface area contributed by atoms with E-state index in [0.717, 1.165) is 6.07 Å². The molecule has 0 fully saturated rings. The summed E-state index contributed by atoms with van der Waals surface area (Å²) in [5.41, 5.74) is 5.78. The van der Waals surface area contributed by atoms with E-state index in [0.29, 0.717) is 5.56 Å². The second-order valence-electron chi connectivity index (χ2n) is 4.20. The van der Waals surface area contributed by atoms with Gasteiger partial charge in [0.1, 0.15) is 5.82 Å². The van der Waals surface area contributed by atoms with E-state index in [-0.39, 0.29) is 29.3 Å². The molecule has 0 saturated carbocycles. The largest absolute Gasteiger partial charge is 0.504 e. The van der Waals surface area contributed by atoms with Crippen molar-refractivity contribution in [1.29, 1.82) is 0 Å². The van der Waals surface area contributed by atoms with Crippen LogP contribution in [0.3, 0.4) is 0 Å². The van der Waals surface area contributed by atoms with Gasteiger partial charge in [-0.2, -0.15) is 0 Å². The number of anilines is 1. The van der Waals surface area contributed by atoms with Crippen molar-refractivity contribution in [3.8, 4) is 11.5 Å². The first kappa shape index (κ1) is 13.7. The van der Waals surface area contributed by atoms with Gasteiger partial charge in [-0.05, 0) is 24.3 Å². The molecular weight excluding hydrogens is 263 g/mol. The van der Waals surface area contributed by atoms with Gasteiger partial charge in [-0.1, -0.05) is 12.1 Å². The third-order valence-corrected chi connectivity index (χ3v) is 2.82. The van der Waals surface area contributed by atoms with Crippen molar-refractivity contribution in [3.63, 3.8) is 0 Å². The number of phenols is 2. The van der Waals surface area contributed by atoms with Crippen LogP contribution in [0.1, 0.15) is 15.9 Å². The molecular formula is C14H13FN2O3. The molecule has 0 aliphatic rings. The molecule has 0 aromatic heterocycles. The number of carbonyl (C=O) groups is 1. The van der Waals surface area contributed by atoms with Crippen LogP contribution in [-0.2, 0) is 6.54 Å². The topological polar surface area (TPSA) is 95.6 Å². The van der Waals surface area contributed by atoms with Gasteiger partial charge in [0.05, 0.1) is 5.69 Å². The molecule has 5 nitrogen and oxygen atoms in total. The van der Waals surface area contributed by atoms with Crippen LogP contribution in [0.15, 0.2) is 36.4 Å². The highest BCUT2D eigenvalue weighted by molar-refractivity contribution is 5.93. The van der Waals surface area contributed by atoms with E-state index in [4.69, 9.17) is 5.73 Å². The van der Waals surface area contributed by atoms with Crippen LogP contribution in [0.2, 0.25) is 0 Å². The van der Waals surface area contributed by atoms with Crippen molar-refractivity contribution in [2.45, 2.75) is 6.54 Å². The minimum Gasteiger partial charge on any atom is -0.504 e. The summed E-state index contributed by atoms with van der Waals surface area (Å²) in [6.45, 7) is 0.0827. The Hall–Kier alpha value is -2.76. The Balaban J connectivity index is 2.20. The molecule has 1 amide bonds. The monoisotopic (exact) mass is 276 g/mol. The van der Waals surface area contributed by atoms with Crippen molar-refractivity contribution in [3.05, 3.63) is 53.3 Å². The zero-order valence-corrected chi connectivity index (χ0v) is 10.4. The van der Waals surface area contributed by atoms with Crippen LogP contribution >= 0.6 is 0 Å². The summed E-state index contributed by atoms with van der Waals surface area (Å²) in [4.78, 5) is 11.0. The van der Waals surface area contributed by atoms with E-state index in [1.165, 1.54) is 18.2 Å². The summed E-state index contributed by atoms with van der Waals surface area (Å²) in [6, 6.07) is 8.18. The Morgan fingerprint density at radius 3 is 2.70 bits per heavy atom. The molecule has 2 aromatic rings. The van der Waals surface area contributed by atoms with E-state index < -0.39 is 11.7 Å². The molecule has 20 heavy (non-hydrogen) atoms. The van der Waals surface area contributed by atoms with Crippen LogP contribution in [0.4, 0.5) is 10.1 Å². The summed E-state index contributed by atoms with van der Waals surface area (Å²) in [5, 5.41) is 21.7. The van der Waals surface area contributed by atoms with Crippen molar-refractivity contribution >= 4 is 11.6 Å². The minimum atomic E-state index is -0.659. The van der Waals surface area contributed by atoms with E-state index in [1.54, 1.807) is 12.1 Å². The first-order valence-corrected chi connectivity index (χ1v) is 5.82. The molecule has 2 rings (SSSR count). The fourth-order valence-electron chi connectivity index (χ4n) is 1.72. The summed E-state index contributed by atoms with van der Waals surface area (Å²) >= 11 is 0. The Morgan fingerprint density at radius 1 is 1.25 bits per heavy atom. The number of hydrogen-bond donors (Lipinski definition) is 4. The first-order valence-electron chi connectivity index (χ1n) is 5.82. The normalized spacial score (nSPS) is 10.2. The van der Waals surface area contributed by atoms with Gasteiger partial charge in [0.2, 0.25) is 5.91 Å². The number of amides is 1. The molecule has 0 aliphatic carbocycles. The maximum Gasteiger partial charge on any atom is 0.248 e. The van der Waals surface area contributed by atoms with Gasteiger partial charge in [-0.3, -0.25) is 4.79 Å². The van der Waals surface area contributed by atoms with Crippen LogP contribution in [0.25, 0.3) is 0 Å². The lowest BCUT2D eigenvalue weighted by Gasteiger charge is -2.10. The number of halogens is 1. The number of aromatic hydroxyl groups is 2. The quantitative estimate of drug-likeness (QED) is 0.642. The molecule has 5 N–H and O–H groups in total. The number of primary amides is 1.